The van der Waals surface area contributed by atoms with E-state index in [0.717, 1.165) is 44.0 Å². The maximum absolute atomic E-state index is 12.4. The highest BCUT2D eigenvalue weighted by Gasteiger charge is 2.22. The Kier molecular flexibility index (Phi) is 4.01. The fourth-order valence-corrected chi connectivity index (χ4v) is 2.46. The molecular weight excluding hydrogens is 230 g/mol. The molecule has 18 heavy (non-hydrogen) atoms. The zero-order valence-corrected chi connectivity index (χ0v) is 11.3. The van der Waals surface area contributed by atoms with Gasteiger partial charge in [0, 0.05) is 32.5 Å². The van der Waals surface area contributed by atoms with Crippen LogP contribution in [-0.2, 0) is 4.74 Å². The Bertz CT molecular complexity index is 402. The molecular formula is C13H21N3O2. The average Bonchev–Trinajstić information content (AvgIpc) is 2.69. The molecule has 2 heterocycles. The number of hydrogen-bond acceptors (Lipinski definition) is 3. The van der Waals surface area contributed by atoms with Crippen molar-refractivity contribution in [2.75, 3.05) is 26.8 Å². The highest BCUT2D eigenvalue weighted by atomic mass is 16.5. The molecule has 1 fully saturated rings. The van der Waals surface area contributed by atoms with Crippen LogP contribution < -0.4 is 0 Å². The molecule has 0 saturated carbocycles. The molecule has 1 aromatic rings. The number of nitrogens with one attached hydrogen (secondary N) is 1. The molecule has 2 rings (SSSR count). The minimum absolute atomic E-state index is 0.0604. The van der Waals surface area contributed by atoms with Crippen molar-refractivity contribution in [3.63, 3.8) is 0 Å². The van der Waals surface area contributed by atoms with Gasteiger partial charge < -0.3 is 9.64 Å². The van der Waals surface area contributed by atoms with Crippen molar-refractivity contribution >= 4 is 5.91 Å². The first kappa shape index (κ1) is 13.1. The van der Waals surface area contributed by atoms with Gasteiger partial charge in [-0.2, -0.15) is 5.10 Å². The number of amides is 1. The summed E-state index contributed by atoms with van der Waals surface area (Å²) >= 11 is 0. The number of aromatic nitrogens is 2. The van der Waals surface area contributed by atoms with Gasteiger partial charge in [-0.1, -0.05) is 0 Å². The van der Waals surface area contributed by atoms with Gasteiger partial charge in [0.1, 0.15) is 0 Å². The van der Waals surface area contributed by atoms with Gasteiger partial charge >= 0.3 is 0 Å². The van der Waals surface area contributed by atoms with E-state index in [1.54, 1.807) is 4.90 Å². The molecule has 1 aliphatic rings. The Balaban J connectivity index is 2.00. The van der Waals surface area contributed by atoms with E-state index in [2.05, 4.69) is 10.2 Å². The lowest BCUT2D eigenvalue weighted by molar-refractivity contribution is 0.0497. The largest absolute Gasteiger partial charge is 0.381 e. The van der Waals surface area contributed by atoms with E-state index in [0.29, 0.717) is 11.5 Å². The molecule has 0 atom stereocenters. The van der Waals surface area contributed by atoms with Gasteiger partial charge in [-0.05, 0) is 32.6 Å². The Morgan fingerprint density at radius 1 is 1.44 bits per heavy atom. The Morgan fingerprint density at radius 2 is 2.11 bits per heavy atom. The molecule has 0 bridgehead atoms. The quantitative estimate of drug-likeness (QED) is 0.886. The number of rotatable bonds is 3. The van der Waals surface area contributed by atoms with Crippen LogP contribution in [0.5, 0.6) is 0 Å². The van der Waals surface area contributed by atoms with Crippen LogP contribution in [0.1, 0.15) is 34.6 Å². The SMILES string of the molecule is Cc1n[nH]c(C)c1C(=O)N(C)CC1CCOCC1. The fourth-order valence-electron chi connectivity index (χ4n) is 2.46. The van der Waals surface area contributed by atoms with E-state index < -0.39 is 0 Å². The zero-order valence-electron chi connectivity index (χ0n) is 11.3. The minimum Gasteiger partial charge on any atom is -0.381 e. The molecule has 0 radical (unpaired) electrons. The predicted molar refractivity (Wildman–Crippen MR) is 68.6 cm³/mol. The summed E-state index contributed by atoms with van der Waals surface area (Å²) in [5.74, 6) is 0.616. The summed E-state index contributed by atoms with van der Waals surface area (Å²) in [4.78, 5) is 14.2. The molecule has 1 aromatic heterocycles. The van der Waals surface area contributed by atoms with Crippen molar-refractivity contribution in [2.45, 2.75) is 26.7 Å². The fraction of sp³-hybridized carbons (Fsp3) is 0.692. The Morgan fingerprint density at radius 3 is 2.67 bits per heavy atom. The monoisotopic (exact) mass is 251 g/mol. The zero-order chi connectivity index (χ0) is 13.1. The van der Waals surface area contributed by atoms with Crippen molar-refractivity contribution in [3.05, 3.63) is 17.0 Å². The molecule has 1 amide bonds. The van der Waals surface area contributed by atoms with Gasteiger partial charge in [-0.3, -0.25) is 9.89 Å². The number of aryl methyl sites for hydroxylation is 2. The second-order valence-electron chi connectivity index (χ2n) is 5.05. The van der Waals surface area contributed by atoms with Gasteiger partial charge in [-0.15, -0.1) is 0 Å². The number of hydrogen-bond donors (Lipinski definition) is 1. The highest BCUT2D eigenvalue weighted by Crippen LogP contribution is 2.18. The maximum Gasteiger partial charge on any atom is 0.257 e. The van der Waals surface area contributed by atoms with Crippen LogP contribution in [0, 0.1) is 19.8 Å². The van der Waals surface area contributed by atoms with E-state index >= 15 is 0 Å². The molecule has 5 heteroatoms. The van der Waals surface area contributed by atoms with Crippen LogP contribution in [0.15, 0.2) is 0 Å². The molecule has 0 unspecified atom stereocenters. The number of ether oxygens (including phenoxy) is 1. The summed E-state index contributed by atoms with van der Waals surface area (Å²) < 4.78 is 5.33. The lowest BCUT2D eigenvalue weighted by Gasteiger charge is -2.27. The second-order valence-corrected chi connectivity index (χ2v) is 5.05. The number of nitrogens with zero attached hydrogens (tertiary/aromatic N) is 2. The third-order valence-corrected chi connectivity index (χ3v) is 3.56. The summed E-state index contributed by atoms with van der Waals surface area (Å²) in [5, 5.41) is 6.93. The first-order valence-electron chi connectivity index (χ1n) is 6.44. The van der Waals surface area contributed by atoms with Crippen LogP contribution in [-0.4, -0.2) is 47.8 Å². The van der Waals surface area contributed by atoms with Crippen LogP contribution >= 0.6 is 0 Å². The predicted octanol–water partition coefficient (Wildman–Crippen LogP) is 1.53. The topological polar surface area (TPSA) is 58.2 Å². The first-order valence-corrected chi connectivity index (χ1v) is 6.44. The Hall–Kier alpha value is -1.36. The smallest absolute Gasteiger partial charge is 0.257 e. The molecule has 5 nitrogen and oxygen atoms in total. The molecule has 0 aromatic carbocycles. The lowest BCUT2D eigenvalue weighted by Crippen LogP contribution is -2.34. The number of H-pyrrole nitrogens is 1. The maximum atomic E-state index is 12.4. The molecule has 1 N–H and O–H groups in total. The van der Waals surface area contributed by atoms with Crippen molar-refractivity contribution in [2.24, 2.45) is 5.92 Å². The van der Waals surface area contributed by atoms with Gasteiger partial charge in [-0.25, -0.2) is 0 Å². The van der Waals surface area contributed by atoms with Crippen molar-refractivity contribution in [1.82, 2.24) is 15.1 Å². The van der Waals surface area contributed by atoms with Crippen LogP contribution in [0.25, 0.3) is 0 Å². The normalized spacial score (nSPS) is 16.8. The first-order chi connectivity index (χ1) is 8.59. The van der Waals surface area contributed by atoms with E-state index in [4.69, 9.17) is 4.74 Å². The summed E-state index contributed by atoms with van der Waals surface area (Å²) in [6.07, 6.45) is 2.09. The third kappa shape index (κ3) is 2.72. The van der Waals surface area contributed by atoms with E-state index in [1.165, 1.54) is 0 Å². The molecule has 100 valence electrons. The number of carbonyl (C=O) groups is 1. The van der Waals surface area contributed by atoms with Crippen molar-refractivity contribution in [3.8, 4) is 0 Å². The van der Waals surface area contributed by atoms with Gasteiger partial charge in [0.15, 0.2) is 0 Å². The van der Waals surface area contributed by atoms with Gasteiger partial charge in [0.05, 0.1) is 11.3 Å². The van der Waals surface area contributed by atoms with E-state index in [-0.39, 0.29) is 5.91 Å². The molecule has 1 aliphatic heterocycles. The Labute approximate surface area is 108 Å². The van der Waals surface area contributed by atoms with Crippen molar-refractivity contribution in [1.29, 1.82) is 0 Å². The number of aromatic amines is 1. The van der Waals surface area contributed by atoms with E-state index in [1.807, 2.05) is 20.9 Å². The minimum atomic E-state index is 0.0604. The highest BCUT2D eigenvalue weighted by molar-refractivity contribution is 5.96. The van der Waals surface area contributed by atoms with Crippen LogP contribution in [0.4, 0.5) is 0 Å². The van der Waals surface area contributed by atoms with Crippen LogP contribution in [0.2, 0.25) is 0 Å². The standard InChI is InChI=1S/C13H21N3O2/c1-9-12(10(2)15-14-9)13(17)16(3)8-11-4-6-18-7-5-11/h11H,4-8H2,1-3H3,(H,14,15). The summed E-state index contributed by atoms with van der Waals surface area (Å²) in [7, 11) is 1.86. The summed E-state index contributed by atoms with van der Waals surface area (Å²) in [6, 6.07) is 0. The van der Waals surface area contributed by atoms with Gasteiger partial charge in [0.25, 0.3) is 5.91 Å². The van der Waals surface area contributed by atoms with Crippen molar-refractivity contribution < 1.29 is 9.53 Å². The molecule has 1 saturated heterocycles. The van der Waals surface area contributed by atoms with Gasteiger partial charge in [0.2, 0.25) is 0 Å². The molecule has 0 aliphatic carbocycles. The second kappa shape index (κ2) is 5.52. The van der Waals surface area contributed by atoms with Crippen LogP contribution in [0.3, 0.4) is 0 Å². The molecule has 0 spiro atoms. The third-order valence-electron chi connectivity index (χ3n) is 3.56. The summed E-state index contributed by atoms with van der Waals surface area (Å²) in [5.41, 5.74) is 2.33. The summed E-state index contributed by atoms with van der Waals surface area (Å²) in [6.45, 7) is 6.17. The van der Waals surface area contributed by atoms with E-state index in [9.17, 15) is 4.79 Å². The lowest BCUT2D eigenvalue weighted by atomic mass is 9.99. The number of carbonyl (C=O) groups excluding carboxylic acids is 1. The average molecular weight is 251 g/mol.